The predicted octanol–water partition coefficient (Wildman–Crippen LogP) is 4.06. The largest absolute Gasteiger partial charge is 0.492 e. The van der Waals surface area contributed by atoms with Crippen molar-refractivity contribution in [1.82, 2.24) is 4.90 Å². The lowest BCUT2D eigenvalue weighted by Gasteiger charge is -2.21. The van der Waals surface area contributed by atoms with E-state index < -0.39 is 0 Å². The summed E-state index contributed by atoms with van der Waals surface area (Å²) in [5.74, 6) is 0.839. The number of nitrogens with two attached hydrogens (primary N) is 1. The molecule has 0 radical (unpaired) electrons. The van der Waals surface area contributed by atoms with Crippen LogP contribution in [0, 0.1) is 0 Å². The Labute approximate surface area is 161 Å². The summed E-state index contributed by atoms with van der Waals surface area (Å²) in [6, 6.07) is 15.5. The molecule has 0 aromatic heterocycles. The maximum absolute atomic E-state index is 12.4. The number of nitrogens with zero attached hydrogens (tertiary/aromatic N) is 1. The van der Waals surface area contributed by atoms with Crippen LogP contribution >= 0.6 is 12.4 Å². The number of aryl methyl sites for hydroxylation is 1. The Hall–Kier alpha value is -2.24. The van der Waals surface area contributed by atoms with Crippen molar-refractivity contribution in [3.05, 3.63) is 59.7 Å². The van der Waals surface area contributed by atoms with Gasteiger partial charge in [0.05, 0.1) is 6.54 Å². The van der Waals surface area contributed by atoms with Crippen molar-refractivity contribution >= 4 is 24.1 Å². The van der Waals surface area contributed by atoms with Crippen LogP contribution in [0.4, 0.5) is 10.5 Å². The molecule has 5 nitrogen and oxygen atoms in total. The predicted molar refractivity (Wildman–Crippen MR) is 109 cm³/mol. The third kappa shape index (κ3) is 6.58. The number of anilines is 1. The first-order valence-electron chi connectivity index (χ1n) is 8.73. The highest BCUT2D eigenvalue weighted by Crippen LogP contribution is 2.14. The van der Waals surface area contributed by atoms with Crippen molar-refractivity contribution in [2.75, 3.05) is 25.0 Å². The van der Waals surface area contributed by atoms with E-state index in [1.807, 2.05) is 49.4 Å². The summed E-state index contributed by atoms with van der Waals surface area (Å²) in [4.78, 5) is 14.1. The molecule has 142 valence electrons. The van der Waals surface area contributed by atoms with Crippen molar-refractivity contribution in [2.45, 2.75) is 26.8 Å². The molecule has 2 amide bonds. The molecule has 26 heavy (non-hydrogen) atoms. The molecule has 0 aliphatic heterocycles. The lowest BCUT2D eigenvalue weighted by Crippen LogP contribution is -2.37. The fraction of sp³-hybridized carbons (Fsp3) is 0.350. The Morgan fingerprint density at radius 2 is 1.85 bits per heavy atom. The highest BCUT2D eigenvalue weighted by molar-refractivity contribution is 5.89. The molecule has 2 rings (SSSR count). The fourth-order valence-corrected chi connectivity index (χ4v) is 2.51. The first-order valence-corrected chi connectivity index (χ1v) is 8.73. The van der Waals surface area contributed by atoms with E-state index in [0.717, 1.165) is 23.4 Å². The molecule has 2 aromatic rings. The molecular formula is C20H28ClN3O2. The first-order chi connectivity index (χ1) is 12.2. The molecule has 0 spiro atoms. The van der Waals surface area contributed by atoms with Gasteiger partial charge in [0.2, 0.25) is 0 Å². The minimum Gasteiger partial charge on any atom is -0.492 e. The van der Waals surface area contributed by atoms with Gasteiger partial charge in [-0.3, -0.25) is 0 Å². The van der Waals surface area contributed by atoms with Gasteiger partial charge in [-0.25, -0.2) is 4.79 Å². The number of rotatable bonds is 8. The summed E-state index contributed by atoms with van der Waals surface area (Å²) in [5.41, 5.74) is 8.61. The number of ether oxygens (including phenoxy) is 1. The third-order valence-corrected chi connectivity index (χ3v) is 4.02. The second-order valence-electron chi connectivity index (χ2n) is 5.76. The van der Waals surface area contributed by atoms with Crippen molar-refractivity contribution in [3.63, 3.8) is 0 Å². The molecule has 3 N–H and O–H groups in total. The molecule has 0 atom stereocenters. The summed E-state index contributed by atoms with van der Waals surface area (Å²) in [5, 5.41) is 2.91. The highest BCUT2D eigenvalue weighted by Gasteiger charge is 2.12. The van der Waals surface area contributed by atoms with Gasteiger partial charge in [0, 0.05) is 18.8 Å². The summed E-state index contributed by atoms with van der Waals surface area (Å²) in [6.07, 6.45) is 0.975. The smallest absolute Gasteiger partial charge is 0.321 e. The number of urea groups is 1. The van der Waals surface area contributed by atoms with Crippen molar-refractivity contribution < 1.29 is 9.53 Å². The number of carbonyl (C=O) groups excluding carboxylic acids is 1. The Bertz CT molecular complexity index is 694. The van der Waals surface area contributed by atoms with E-state index in [2.05, 4.69) is 18.3 Å². The molecule has 0 unspecified atom stereocenters. The minimum absolute atomic E-state index is 0. The van der Waals surface area contributed by atoms with Crippen LogP contribution in [0.3, 0.4) is 0 Å². The van der Waals surface area contributed by atoms with Gasteiger partial charge in [0.1, 0.15) is 12.4 Å². The quantitative estimate of drug-likeness (QED) is 0.728. The van der Waals surface area contributed by atoms with Crippen molar-refractivity contribution in [2.24, 2.45) is 5.73 Å². The lowest BCUT2D eigenvalue weighted by atomic mass is 10.2. The molecule has 0 bridgehead atoms. The van der Waals surface area contributed by atoms with Crippen LogP contribution in [-0.4, -0.2) is 30.6 Å². The topological polar surface area (TPSA) is 67.6 Å². The SMILES string of the molecule is CCc1cccc(OCCN(CC)C(=O)Nc2cccc(CN)c2)c1.Cl. The maximum atomic E-state index is 12.4. The number of benzene rings is 2. The second kappa shape index (κ2) is 11.4. The number of likely N-dealkylation sites (N-methyl/N-ethyl adjacent to an activating group) is 1. The molecular weight excluding hydrogens is 350 g/mol. The number of hydrogen-bond donors (Lipinski definition) is 2. The van der Waals surface area contributed by atoms with Crippen molar-refractivity contribution in [3.8, 4) is 5.75 Å². The van der Waals surface area contributed by atoms with Gasteiger partial charge in [-0.2, -0.15) is 0 Å². The van der Waals surface area contributed by atoms with Crippen LogP contribution in [0.15, 0.2) is 48.5 Å². The van der Waals surface area contributed by atoms with Crippen LogP contribution in [0.25, 0.3) is 0 Å². The Balaban J connectivity index is 0.00000338. The molecule has 2 aromatic carbocycles. The van der Waals surface area contributed by atoms with E-state index in [1.165, 1.54) is 5.56 Å². The zero-order valence-electron chi connectivity index (χ0n) is 15.4. The van der Waals surface area contributed by atoms with E-state index in [-0.39, 0.29) is 18.4 Å². The minimum atomic E-state index is -0.136. The maximum Gasteiger partial charge on any atom is 0.321 e. The lowest BCUT2D eigenvalue weighted by molar-refractivity contribution is 0.198. The third-order valence-electron chi connectivity index (χ3n) is 4.02. The van der Waals surface area contributed by atoms with E-state index in [9.17, 15) is 4.79 Å². The number of halogens is 1. The molecule has 0 aliphatic carbocycles. The van der Waals surface area contributed by atoms with Gasteiger partial charge in [0.25, 0.3) is 0 Å². The first kappa shape index (κ1) is 21.8. The van der Waals surface area contributed by atoms with Gasteiger partial charge in [0.15, 0.2) is 0 Å². The number of amides is 2. The molecule has 6 heteroatoms. The monoisotopic (exact) mass is 377 g/mol. The molecule has 0 saturated carbocycles. The molecule has 0 heterocycles. The summed E-state index contributed by atoms with van der Waals surface area (Å²) >= 11 is 0. The Morgan fingerprint density at radius 3 is 2.54 bits per heavy atom. The summed E-state index contributed by atoms with van der Waals surface area (Å²) < 4.78 is 5.78. The molecule has 0 fully saturated rings. The zero-order valence-corrected chi connectivity index (χ0v) is 16.2. The van der Waals surface area contributed by atoms with Crippen LogP contribution in [-0.2, 0) is 13.0 Å². The highest BCUT2D eigenvalue weighted by atomic mass is 35.5. The van der Waals surface area contributed by atoms with Gasteiger partial charge >= 0.3 is 6.03 Å². The van der Waals surface area contributed by atoms with E-state index in [4.69, 9.17) is 10.5 Å². The Morgan fingerprint density at radius 1 is 1.12 bits per heavy atom. The van der Waals surface area contributed by atoms with Crippen molar-refractivity contribution in [1.29, 1.82) is 0 Å². The van der Waals surface area contributed by atoms with Gasteiger partial charge in [-0.15, -0.1) is 12.4 Å². The number of hydrogen-bond acceptors (Lipinski definition) is 3. The van der Waals surface area contributed by atoms with Crippen LogP contribution < -0.4 is 15.8 Å². The average Bonchev–Trinajstić information content (AvgIpc) is 2.65. The van der Waals surface area contributed by atoms with Gasteiger partial charge in [-0.05, 0) is 48.7 Å². The number of nitrogens with one attached hydrogen (secondary N) is 1. The van der Waals surface area contributed by atoms with E-state index >= 15 is 0 Å². The van der Waals surface area contributed by atoms with Crippen LogP contribution in [0.5, 0.6) is 5.75 Å². The molecule has 0 saturated heterocycles. The van der Waals surface area contributed by atoms with Crippen LogP contribution in [0.2, 0.25) is 0 Å². The fourth-order valence-electron chi connectivity index (χ4n) is 2.51. The van der Waals surface area contributed by atoms with E-state index in [1.54, 1.807) is 4.90 Å². The van der Waals surface area contributed by atoms with Gasteiger partial charge in [-0.1, -0.05) is 31.2 Å². The molecule has 0 aliphatic rings. The Kier molecular flexibility index (Phi) is 9.55. The normalized spacial score (nSPS) is 9.96. The standard InChI is InChI=1S/C20H27N3O2.ClH/c1-3-16-7-6-10-19(14-16)25-12-11-23(4-2)20(24)22-18-9-5-8-17(13-18)15-21;/h5-10,13-14H,3-4,11-12,15,21H2,1-2H3,(H,22,24);1H. The van der Waals surface area contributed by atoms with Gasteiger partial charge < -0.3 is 20.7 Å². The zero-order chi connectivity index (χ0) is 18.1. The number of carbonyl (C=O) groups is 1. The van der Waals surface area contributed by atoms with E-state index in [0.29, 0.717) is 26.2 Å². The summed E-state index contributed by atoms with van der Waals surface area (Å²) in [6.45, 7) is 6.11. The van der Waals surface area contributed by atoms with Crippen LogP contribution in [0.1, 0.15) is 25.0 Å². The second-order valence-corrected chi connectivity index (χ2v) is 5.76. The average molecular weight is 378 g/mol. The summed E-state index contributed by atoms with van der Waals surface area (Å²) in [7, 11) is 0.